The van der Waals surface area contributed by atoms with Crippen molar-refractivity contribution in [2.24, 2.45) is 0 Å². The third-order valence-corrected chi connectivity index (χ3v) is 3.34. The van der Waals surface area contributed by atoms with Gasteiger partial charge in [-0.2, -0.15) is 0 Å². The van der Waals surface area contributed by atoms with E-state index in [9.17, 15) is 4.79 Å². The first kappa shape index (κ1) is 10.9. The standard InChI is InChI=1S/C14H16O2/c1-11-7-3-4-8-12(11)14(13(15)16-2)9-5-6-10-14/h3-8H,9-10H2,1-2H3. The summed E-state index contributed by atoms with van der Waals surface area (Å²) in [6.07, 6.45) is 5.60. The van der Waals surface area contributed by atoms with Crippen molar-refractivity contribution in [1.29, 1.82) is 0 Å². The molecule has 0 aromatic heterocycles. The predicted molar refractivity (Wildman–Crippen MR) is 63.2 cm³/mol. The van der Waals surface area contributed by atoms with Crippen LogP contribution in [0, 0.1) is 6.92 Å². The van der Waals surface area contributed by atoms with Gasteiger partial charge in [0.05, 0.1) is 12.5 Å². The molecule has 0 saturated heterocycles. The molecule has 0 fully saturated rings. The minimum atomic E-state index is -0.486. The van der Waals surface area contributed by atoms with E-state index < -0.39 is 5.41 Å². The van der Waals surface area contributed by atoms with Gasteiger partial charge in [0.1, 0.15) is 0 Å². The number of methoxy groups -OCH3 is 1. The average Bonchev–Trinajstić information content (AvgIpc) is 2.79. The van der Waals surface area contributed by atoms with Gasteiger partial charge < -0.3 is 4.74 Å². The third kappa shape index (κ3) is 1.54. The van der Waals surface area contributed by atoms with Gasteiger partial charge in [-0.3, -0.25) is 4.79 Å². The lowest BCUT2D eigenvalue weighted by Gasteiger charge is -2.28. The largest absolute Gasteiger partial charge is 0.468 e. The van der Waals surface area contributed by atoms with Crippen molar-refractivity contribution in [3.8, 4) is 0 Å². The molecular formula is C14H16O2. The molecule has 0 amide bonds. The van der Waals surface area contributed by atoms with Crippen LogP contribution in [0.1, 0.15) is 24.0 Å². The summed E-state index contributed by atoms with van der Waals surface area (Å²) in [6, 6.07) is 8.04. The first-order valence-corrected chi connectivity index (χ1v) is 5.50. The van der Waals surface area contributed by atoms with Crippen molar-refractivity contribution >= 4 is 5.97 Å². The molecule has 0 saturated carbocycles. The van der Waals surface area contributed by atoms with E-state index in [1.54, 1.807) is 0 Å². The van der Waals surface area contributed by atoms with Crippen molar-refractivity contribution in [3.63, 3.8) is 0 Å². The lowest BCUT2D eigenvalue weighted by molar-refractivity contribution is -0.147. The molecule has 2 heteroatoms. The van der Waals surface area contributed by atoms with E-state index in [1.165, 1.54) is 7.11 Å². The van der Waals surface area contributed by atoms with Crippen molar-refractivity contribution in [2.75, 3.05) is 7.11 Å². The molecule has 1 aliphatic carbocycles. The number of rotatable bonds is 2. The second-order valence-electron chi connectivity index (χ2n) is 4.27. The maximum Gasteiger partial charge on any atom is 0.316 e. The number of allylic oxidation sites excluding steroid dienone is 2. The second kappa shape index (κ2) is 4.12. The van der Waals surface area contributed by atoms with Crippen molar-refractivity contribution in [1.82, 2.24) is 0 Å². The highest BCUT2D eigenvalue weighted by molar-refractivity contribution is 5.84. The fraction of sp³-hybridized carbons (Fsp3) is 0.357. The smallest absolute Gasteiger partial charge is 0.316 e. The molecule has 2 rings (SSSR count). The Morgan fingerprint density at radius 2 is 1.88 bits per heavy atom. The predicted octanol–water partition coefficient (Wildman–Crippen LogP) is 2.76. The fourth-order valence-corrected chi connectivity index (χ4v) is 2.45. The third-order valence-electron chi connectivity index (χ3n) is 3.34. The first-order chi connectivity index (χ1) is 7.70. The molecule has 0 spiro atoms. The van der Waals surface area contributed by atoms with Crippen molar-refractivity contribution < 1.29 is 9.53 Å². The number of carbonyl (C=O) groups excluding carboxylic acids is 1. The van der Waals surface area contributed by atoms with Gasteiger partial charge in [0.15, 0.2) is 0 Å². The Kier molecular flexibility index (Phi) is 2.82. The normalized spacial score (nSPS) is 17.4. The van der Waals surface area contributed by atoms with Crippen LogP contribution in [-0.2, 0) is 14.9 Å². The number of benzene rings is 1. The molecule has 1 aromatic carbocycles. The highest BCUT2D eigenvalue weighted by atomic mass is 16.5. The SMILES string of the molecule is COC(=O)C1(c2ccccc2C)CC=CC1. The van der Waals surface area contributed by atoms with E-state index in [4.69, 9.17) is 4.74 Å². The van der Waals surface area contributed by atoms with Gasteiger partial charge in [-0.25, -0.2) is 0 Å². The minimum absolute atomic E-state index is 0.133. The molecule has 0 aliphatic heterocycles. The molecular weight excluding hydrogens is 200 g/mol. The summed E-state index contributed by atoms with van der Waals surface area (Å²) in [7, 11) is 1.46. The van der Waals surface area contributed by atoms with Crippen LogP contribution in [0.15, 0.2) is 36.4 Å². The molecule has 0 bridgehead atoms. The number of esters is 1. The van der Waals surface area contributed by atoms with Crippen molar-refractivity contribution in [2.45, 2.75) is 25.2 Å². The Balaban J connectivity index is 2.49. The van der Waals surface area contributed by atoms with Crippen LogP contribution in [0.5, 0.6) is 0 Å². The first-order valence-electron chi connectivity index (χ1n) is 5.50. The van der Waals surface area contributed by atoms with Crippen LogP contribution in [0.3, 0.4) is 0 Å². The van der Waals surface area contributed by atoms with Gasteiger partial charge in [0.2, 0.25) is 0 Å². The van der Waals surface area contributed by atoms with Crippen LogP contribution >= 0.6 is 0 Å². The van der Waals surface area contributed by atoms with Gasteiger partial charge in [-0.15, -0.1) is 0 Å². The number of hydrogen-bond acceptors (Lipinski definition) is 2. The van der Waals surface area contributed by atoms with E-state index in [0.717, 1.165) is 24.0 Å². The number of ether oxygens (including phenoxy) is 1. The van der Waals surface area contributed by atoms with E-state index in [1.807, 2.05) is 31.2 Å². The minimum Gasteiger partial charge on any atom is -0.468 e. The highest BCUT2D eigenvalue weighted by Crippen LogP contribution is 2.39. The zero-order chi connectivity index (χ0) is 11.6. The molecule has 1 aliphatic rings. The summed E-state index contributed by atoms with van der Waals surface area (Å²) in [4.78, 5) is 12.0. The summed E-state index contributed by atoms with van der Waals surface area (Å²) in [5, 5.41) is 0. The molecule has 84 valence electrons. The molecule has 0 radical (unpaired) electrons. The second-order valence-corrected chi connectivity index (χ2v) is 4.27. The Labute approximate surface area is 95.9 Å². The van der Waals surface area contributed by atoms with E-state index >= 15 is 0 Å². The maximum absolute atomic E-state index is 12.0. The van der Waals surface area contributed by atoms with Gasteiger partial charge >= 0.3 is 5.97 Å². The van der Waals surface area contributed by atoms with E-state index in [-0.39, 0.29) is 5.97 Å². The monoisotopic (exact) mass is 216 g/mol. The summed E-state index contributed by atoms with van der Waals surface area (Å²) in [5.74, 6) is -0.133. The maximum atomic E-state index is 12.0. The Bertz CT molecular complexity index is 424. The number of aryl methyl sites for hydroxylation is 1. The topological polar surface area (TPSA) is 26.3 Å². The summed E-state index contributed by atoms with van der Waals surface area (Å²) >= 11 is 0. The quantitative estimate of drug-likeness (QED) is 0.561. The Hall–Kier alpha value is -1.57. The van der Waals surface area contributed by atoms with Crippen LogP contribution < -0.4 is 0 Å². The Morgan fingerprint density at radius 1 is 1.25 bits per heavy atom. The molecule has 16 heavy (non-hydrogen) atoms. The van der Waals surface area contributed by atoms with Gasteiger partial charge in [-0.1, -0.05) is 36.4 Å². The Morgan fingerprint density at radius 3 is 2.44 bits per heavy atom. The van der Waals surface area contributed by atoms with Crippen LogP contribution in [0.25, 0.3) is 0 Å². The van der Waals surface area contributed by atoms with Crippen molar-refractivity contribution in [3.05, 3.63) is 47.5 Å². The summed E-state index contributed by atoms with van der Waals surface area (Å²) in [5.41, 5.74) is 1.75. The molecule has 0 atom stereocenters. The average molecular weight is 216 g/mol. The van der Waals surface area contributed by atoms with Crippen LogP contribution in [0.4, 0.5) is 0 Å². The molecule has 0 N–H and O–H groups in total. The molecule has 0 heterocycles. The van der Waals surface area contributed by atoms with Gasteiger partial charge in [0.25, 0.3) is 0 Å². The zero-order valence-electron chi connectivity index (χ0n) is 9.69. The lowest BCUT2D eigenvalue weighted by Crippen LogP contribution is -2.35. The lowest BCUT2D eigenvalue weighted by atomic mass is 9.76. The summed E-state index contributed by atoms with van der Waals surface area (Å²) in [6.45, 7) is 2.04. The summed E-state index contributed by atoms with van der Waals surface area (Å²) < 4.78 is 4.97. The van der Waals surface area contributed by atoms with Gasteiger partial charge in [0, 0.05) is 0 Å². The molecule has 2 nitrogen and oxygen atoms in total. The molecule has 1 aromatic rings. The fourth-order valence-electron chi connectivity index (χ4n) is 2.45. The number of carbonyl (C=O) groups is 1. The van der Waals surface area contributed by atoms with Crippen LogP contribution in [-0.4, -0.2) is 13.1 Å². The van der Waals surface area contributed by atoms with E-state index in [0.29, 0.717) is 0 Å². The zero-order valence-corrected chi connectivity index (χ0v) is 9.69. The number of hydrogen-bond donors (Lipinski definition) is 0. The van der Waals surface area contributed by atoms with Crippen LogP contribution in [0.2, 0.25) is 0 Å². The molecule has 0 unspecified atom stereocenters. The highest BCUT2D eigenvalue weighted by Gasteiger charge is 2.42. The van der Waals surface area contributed by atoms with E-state index in [2.05, 4.69) is 12.2 Å². The van der Waals surface area contributed by atoms with Gasteiger partial charge in [-0.05, 0) is 30.9 Å².